The molecule has 2 aromatic carbocycles. The number of methoxy groups -OCH3 is 2. The van der Waals surface area contributed by atoms with Crippen LogP contribution in [0.4, 0.5) is 23.4 Å². The highest BCUT2D eigenvalue weighted by Gasteiger charge is 2.35. The van der Waals surface area contributed by atoms with Crippen molar-refractivity contribution in [3.05, 3.63) is 101 Å². The van der Waals surface area contributed by atoms with Crippen molar-refractivity contribution in [2.75, 3.05) is 25.1 Å². The van der Waals surface area contributed by atoms with E-state index in [2.05, 4.69) is 5.16 Å². The van der Waals surface area contributed by atoms with Crippen LogP contribution in [-0.2, 0) is 21.2 Å². The predicted molar refractivity (Wildman–Crippen MR) is 154 cm³/mol. The van der Waals surface area contributed by atoms with Crippen molar-refractivity contribution in [1.82, 2.24) is 9.72 Å². The van der Waals surface area contributed by atoms with Crippen LogP contribution in [0.3, 0.4) is 0 Å². The van der Waals surface area contributed by atoms with Gasteiger partial charge in [-0.1, -0.05) is 18.2 Å². The number of allylic oxidation sites excluding steroid dienone is 2. The quantitative estimate of drug-likeness (QED) is 0.211. The highest BCUT2D eigenvalue weighted by atomic mass is 32.2. The third-order valence-electron chi connectivity index (χ3n) is 7.27. The van der Waals surface area contributed by atoms with Crippen LogP contribution in [0.2, 0.25) is 0 Å². The Balaban J connectivity index is 1.59. The van der Waals surface area contributed by atoms with Gasteiger partial charge >= 0.3 is 6.18 Å². The molecule has 0 fully saturated rings. The Kier molecular flexibility index (Phi) is 8.05. The lowest BCUT2D eigenvalue weighted by atomic mass is 9.83. The molecular weight excluding hydrogens is 606 g/mol. The second kappa shape index (κ2) is 11.5. The van der Waals surface area contributed by atoms with E-state index in [1.807, 2.05) is 19.1 Å². The highest BCUT2D eigenvalue weighted by molar-refractivity contribution is 7.92. The molecule has 0 N–H and O–H groups in total. The van der Waals surface area contributed by atoms with E-state index in [1.165, 1.54) is 43.7 Å². The normalized spacial score (nSPS) is 17.0. The molecule has 1 unspecified atom stereocenters. The topological polar surface area (TPSA) is 104 Å². The number of halogens is 4. The second-order valence-corrected chi connectivity index (χ2v) is 12.4. The van der Waals surface area contributed by atoms with Gasteiger partial charge in [0.15, 0.2) is 5.82 Å². The first-order chi connectivity index (χ1) is 20.7. The van der Waals surface area contributed by atoms with Crippen molar-refractivity contribution in [3.63, 3.8) is 0 Å². The van der Waals surface area contributed by atoms with E-state index in [-0.39, 0.29) is 39.6 Å². The molecule has 0 saturated heterocycles. The highest BCUT2D eigenvalue weighted by Crippen LogP contribution is 2.36. The van der Waals surface area contributed by atoms with E-state index in [4.69, 9.17) is 14.0 Å². The minimum atomic E-state index is -4.67. The summed E-state index contributed by atoms with van der Waals surface area (Å²) in [7, 11) is -1.53. The van der Waals surface area contributed by atoms with Gasteiger partial charge in [-0.2, -0.15) is 13.2 Å². The molecule has 2 aromatic heterocycles. The number of alkyl halides is 3. The Morgan fingerprint density at radius 1 is 1.09 bits per heavy atom. The Morgan fingerprint density at radius 3 is 2.48 bits per heavy atom. The summed E-state index contributed by atoms with van der Waals surface area (Å²) >= 11 is 0. The lowest BCUT2D eigenvalue weighted by Crippen LogP contribution is -2.40. The molecule has 44 heavy (non-hydrogen) atoms. The molecule has 14 heteroatoms. The smallest absolute Gasteiger partial charge is 0.393 e. The van der Waals surface area contributed by atoms with Crippen LogP contribution in [0.15, 0.2) is 93.0 Å². The molecule has 1 aliphatic carbocycles. The number of sulfonamides is 1. The van der Waals surface area contributed by atoms with Gasteiger partial charge in [-0.3, -0.25) is 9.36 Å². The lowest BCUT2D eigenvalue weighted by molar-refractivity contribution is -0.127. The number of benzene rings is 2. The van der Waals surface area contributed by atoms with Crippen LogP contribution in [0.5, 0.6) is 5.75 Å². The Hall–Kier alpha value is -4.59. The van der Waals surface area contributed by atoms with Crippen LogP contribution in [0.25, 0.3) is 16.6 Å². The maximum absolute atomic E-state index is 14.8. The molecule has 0 spiro atoms. The summed E-state index contributed by atoms with van der Waals surface area (Å²) in [5.74, 6) is -0.633. The molecule has 0 amide bonds. The average molecular weight is 634 g/mol. The third kappa shape index (κ3) is 6.07. The number of nitrogens with zero attached hydrogens (tertiary/aromatic N) is 3. The second-order valence-electron chi connectivity index (χ2n) is 10.5. The van der Waals surface area contributed by atoms with E-state index in [9.17, 15) is 30.8 Å². The van der Waals surface area contributed by atoms with Crippen LogP contribution < -0.4 is 14.6 Å². The fraction of sp³-hybridized carbons (Fsp3) is 0.267. The minimum absolute atomic E-state index is 0.00411. The Labute approximate surface area is 249 Å². The maximum atomic E-state index is 14.8. The van der Waals surface area contributed by atoms with Crippen molar-refractivity contribution in [2.45, 2.75) is 30.8 Å². The summed E-state index contributed by atoms with van der Waals surface area (Å²) in [4.78, 5) is 12.9. The average Bonchev–Trinajstić information content (AvgIpc) is 3.51. The molecule has 0 bridgehead atoms. The van der Waals surface area contributed by atoms with Crippen LogP contribution in [-0.4, -0.2) is 45.1 Å². The third-order valence-corrected chi connectivity index (χ3v) is 9.02. The van der Waals surface area contributed by atoms with Crippen molar-refractivity contribution in [1.29, 1.82) is 0 Å². The number of rotatable bonds is 9. The van der Waals surface area contributed by atoms with E-state index in [0.717, 1.165) is 27.1 Å². The first kappa shape index (κ1) is 30.9. The number of hydrogen-bond acceptors (Lipinski definition) is 7. The van der Waals surface area contributed by atoms with E-state index in [0.29, 0.717) is 12.2 Å². The van der Waals surface area contributed by atoms with Gasteiger partial charge in [0.2, 0.25) is 0 Å². The zero-order valence-electron chi connectivity index (χ0n) is 23.8. The van der Waals surface area contributed by atoms with Gasteiger partial charge in [0.1, 0.15) is 23.6 Å². The molecular formula is C30H27F4N3O6S. The standard InChI is InChI=1S/C30H27F4N3O6S/c1-29(11-8-21(41-2)9-12-29)18-36(27-10-13-43-35-27)44(39,40)22-5-6-24-19(14-22)4-7-28(38)37(24)25-16-23(31)20(15-26(25)42-3)17-30(32,33)34/h4-11,13-16H,12,17-18H2,1-3H3. The van der Waals surface area contributed by atoms with Crippen LogP contribution in [0, 0.1) is 11.2 Å². The molecule has 232 valence electrons. The van der Waals surface area contributed by atoms with E-state index >= 15 is 0 Å². The first-order valence-corrected chi connectivity index (χ1v) is 14.6. The molecule has 9 nitrogen and oxygen atoms in total. The molecule has 5 rings (SSSR count). The Morgan fingerprint density at radius 2 is 1.86 bits per heavy atom. The predicted octanol–water partition coefficient (Wildman–Crippen LogP) is 5.92. The molecule has 0 radical (unpaired) electrons. The SMILES string of the molecule is COC1=CCC(C)(CN(c2ccon2)S(=O)(=O)c2ccc3c(ccc(=O)n3-c3cc(F)c(CC(F)(F)F)cc3OC)c2)C=C1. The fourth-order valence-electron chi connectivity index (χ4n) is 5.01. The van der Waals surface area contributed by atoms with Gasteiger partial charge in [0.05, 0.1) is 36.7 Å². The molecule has 2 heterocycles. The molecule has 0 saturated carbocycles. The monoisotopic (exact) mass is 633 g/mol. The van der Waals surface area contributed by atoms with E-state index in [1.54, 1.807) is 13.2 Å². The van der Waals surface area contributed by atoms with Crippen molar-refractivity contribution >= 4 is 26.7 Å². The van der Waals surface area contributed by atoms with Crippen LogP contribution in [0.1, 0.15) is 18.9 Å². The summed E-state index contributed by atoms with van der Waals surface area (Å²) in [5.41, 5.74) is -1.89. The van der Waals surface area contributed by atoms with Crippen molar-refractivity contribution in [2.24, 2.45) is 5.41 Å². The zero-order valence-corrected chi connectivity index (χ0v) is 24.6. The van der Waals surface area contributed by atoms with Gasteiger partial charge in [-0.25, -0.2) is 17.1 Å². The largest absolute Gasteiger partial charge is 0.497 e. The molecule has 0 aliphatic heterocycles. The van der Waals surface area contributed by atoms with Crippen molar-refractivity contribution < 1.29 is 40.0 Å². The van der Waals surface area contributed by atoms with Gasteiger partial charge in [-0.05, 0) is 48.9 Å². The summed E-state index contributed by atoms with van der Waals surface area (Å²) in [6.45, 7) is 1.89. The number of hydrogen-bond donors (Lipinski definition) is 0. The molecule has 1 atom stereocenters. The van der Waals surface area contributed by atoms with Gasteiger partial charge < -0.3 is 14.0 Å². The van der Waals surface area contributed by atoms with Gasteiger partial charge in [0, 0.05) is 41.1 Å². The first-order valence-electron chi connectivity index (χ1n) is 13.2. The number of aromatic nitrogens is 2. The summed E-state index contributed by atoms with van der Waals surface area (Å²) in [6, 6.07) is 9.63. The number of fused-ring (bicyclic) bond motifs is 1. The van der Waals surface area contributed by atoms with Gasteiger partial charge in [0.25, 0.3) is 15.6 Å². The number of ether oxygens (including phenoxy) is 2. The fourth-order valence-corrected chi connectivity index (χ4v) is 6.58. The maximum Gasteiger partial charge on any atom is 0.393 e. The summed E-state index contributed by atoms with van der Waals surface area (Å²) in [5, 5.41) is 4.14. The zero-order chi connectivity index (χ0) is 31.9. The molecule has 4 aromatic rings. The number of anilines is 1. The lowest BCUT2D eigenvalue weighted by Gasteiger charge is -2.33. The number of pyridine rings is 1. The molecule has 1 aliphatic rings. The van der Waals surface area contributed by atoms with Gasteiger partial charge in [-0.15, -0.1) is 0 Å². The summed E-state index contributed by atoms with van der Waals surface area (Å²) in [6.07, 6.45) is 1.03. The van der Waals surface area contributed by atoms with E-state index < -0.39 is 45.0 Å². The summed E-state index contributed by atoms with van der Waals surface area (Å²) < 4.78 is 99.5. The van der Waals surface area contributed by atoms with Crippen molar-refractivity contribution in [3.8, 4) is 11.4 Å². The Bertz CT molecular complexity index is 1930. The minimum Gasteiger partial charge on any atom is -0.497 e. The van der Waals surface area contributed by atoms with Crippen LogP contribution >= 0.6 is 0 Å².